The van der Waals surface area contributed by atoms with E-state index in [0.29, 0.717) is 6.42 Å². The highest BCUT2D eigenvalue weighted by Crippen LogP contribution is 2.18. The topological polar surface area (TPSA) is 56.2 Å². The molecule has 0 radical (unpaired) electrons. The van der Waals surface area contributed by atoms with Crippen molar-refractivity contribution in [1.29, 1.82) is 0 Å². The van der Waals surface area contributed by atoms with Crippen LogP contribution < -0.4 is 10.1 Å². The highest BCUT2D eigenvalue weighted by atomic mass is 16.5. The van der Waals surface area contributed by atoms with E-state index in [1.807, 2.05) is 87.0 Å². The molecule has 1 aromatic heterocycles. The fourth-order valence-electron chi connectivity index (χ4n) is 3.00. The number of benzene rings is 2. The van der Waals surface area contributed by atoms with E-state index in [9.17, 15) is 4.79 Å². The first-order valence-electron chi connectivity index (χ1n) is 9.10. The number of aryl methyl sites for hydroxylation is 2. The molecule has 140 valence electrons. The van der Waals surface area contributed by atoms with Gasteiger partial charge in [0, 0.05) is 11.4 Å². The maximum atomic E-state index is 12.5. The Morgan fingerprint density at radius 2 is 1.89 bits per heavy atom. The van der Waals surface area contributed by atoms with Gasteiger partial charge in [0.05, 0.1) is 23.9 Å². The lowest BCUT2D eigenvalue weighted by Crippen LogP contribution is -2.15. The number of rotatable bonds is 6. The third-order valence-corrected chi connectivity index (χ3v) is 4.02. The number of hydrogen-bond acceptors (Lipinski definition) is 3. The molecule has 0 aliphatic carbocycles. The van der Waals surface area contributed by atoms with Gasteiger partial charge >= 0.3 is 0 Å². The summed E-state index contributed by atoms with van der Waals surface area (Å²) in [6.07, 6.45) is 0.394. The summed E-state index contributed by atoms with van der Waals surface area (Å²) in [4.78, 5) is 12.5. The van der Waals surface area contributed by atoms with Crippen LogP contribution in [0.1, 0.15) is 30.8 Å². The Morgan fingerprint density at radius 1 is 1.11 bits per heavy atom. The van der Waals surface area contributed by atoms with Crippen LogP contribution in [0, 0.1) is 13.8 Å². The normalized spacial score (nSPS) is 10.9. The molecule has 0 atom stereocenters. The molecule has 27 heavy (non-hydrogen) atoms. The average molecular weight is 363 g/mol. The van der Waals surface area contributed by atoms with Crippen molar-refractivity contribution in [2.24, 2.45) is 0 Å². The van der Waals surface area contributed by atoms with Crippen LogP contribution in [0.25, 0.3) is 5.69 Å². The molecule has 0 fully saturated rings. The van der Waals surface area contributed by atoms with Gasteiger partial charge < -0.3 is 10.1 Å². The molecule has 0 aliphatic heterocycles. The summed E-state index contributed by atoms with van der Waals surface area (Å²) in [6.45, 7) is 7.94. The summed E-state index contributed by atoms with van der Waals surface area (Å²) in [5.74, 6) is 0.712. The smallest absolute Gasteiger partial charge is 0.228 e. The number of hydrogen-bond donors (Lipinski definition) is 1. The fourth-order valence-corrected chi connectivity index (χ4v) is 3.00. The molecular weight excluding hydrogens is 338 g/mol. The minimum atomic E-state index is -0.0674. The summed E-state index contributed by atoms with van der Waals surface area (Å²) < 4.78 is 7.56. The number of carbonyl (C=O) groups excluding carboxylic acids is 1. The Morgan fingerprint density at radius 3 is 2.59 bits per heavy atom. The average Bonchev–Trinajstić information content (AvgIpc) is 2.93. The van der Waals surface area contributed by atoms with Gasteiger partial charge in [-0.25, -0.2) is 4.68 Å². The van der Waals surface area contributed by atoms with Crippen molar-refractivity contribution < 1.29 is 9.53 Å². The van der Waals surface area contributed by atoms with Crippen LogP contribution in [0.3, 0.4) is 0 Å². The van der Waals surface area contributed by atoms with Crippen molar-refractivity contribution in [3.63, 3.8) is 0 Å². The zero-order chi connectivity index (χ0) is 19.4. The van der Waals surface area contributed by atoms with Crippen molar-refractivity contribution in [2.75, 3.05) is 5.32 Å². The molecule has 1 heterocycles. The largest absolute Gasteiger partial charge is 0.491 e. The predicted molar refractivity (Wildman–Crippen MR) is 108 cm³/mol. The number of amides is 1. The van der Waals surface area contributed by atoms with Gasteiger partial charge in [-0.3, -0.25) is 4.79 Å². The third kappa shape index (κ3) is 4.97. The van der Waals surface area contributed by atoms with E-state index < -0.39 is 0 Å². The Labute approximate surface area is 160 Å². The van der Waals surface area contributed by atoms with Crippen LogP contribution in [-0.2, 0) is 11.2 Å². The highest BCUT2D eigenvalue weighted by Gasteiger charge is 2.08. The van der Waals surface area contributed by atoms with Gasteiger partial charge in [0.25, 0.3) is 0 Å². The SMILES string of the molecule is Cc1cc(C)n(-c2cccc(NC(=O)Cc3cccc(OC(C)C)c3)c2)n1. The van der Waals surface area contributed by atoms with Gasteiger partial charge in [0.15, 0.2) is 0 Å². The van der Waals surface area contributed by atoms with Crippen molar-refractivity contribution >= 4 is 11.6 Å². The Bertz CT molecular complexity index is 944. The second-order valence-electron chi connectivity index (χ2n) is 6.93. The lowest BCUT2D eigenvalue weighted by atomic mass is 10.1. The molecule has 0 unspecified atom stereocenters. The second-order valence-corrected chi connectivity index (χ2v) is 6.93. The molecule has 1 amide bonds. The number of nitrogens with one attached hydrogen (secondary N) is 1. The molecule has 5 heteroatoms. The fraction of sp³-hybridized carbons (Fsp3) is 0.273. The Balaban J connectivity index is 1.70. The van der Waals surface area contributed by atoms with Gasteiger partial charge in [-0.2, -0.15) is 5.10 Å². The zero-order valence-electron chi connectivity index (χ0n) is 16.2. The lowest BCUT2D eigenvalue weighted by Gasteiger charge is -2.11. The molecule has 0 aliphatic rings. The molecule has 2 aromatic carbocycles. The lowest BCUT2D eigenvalue weighted by molar-refractivity contribution is -0.115. The minimum Gasteiger partial charge on any atom is -0.491 e. The van der Waals surface area contributed by atoms with E-state index in [-0.39, 0.29) is 12.0 Å². The minimum absolute atomic E-state index is 0.0674. The zero-order valence-corrected chi connectivity index (χ0v) is 16.2. The third-order valence-electron chi connectivity index (χ3n) is 4.02. The van der Waals surface area contributed by atoms with E-state index in [4.69, 9.17) is 4.74 Å². The summed E-state index contributed by atoms with van der Waals surface area (Å²) >= 11 is 0. The van der Waals surface area contributed by atoms with Crippen LogP contribution in [0.15, 0.2) is 54.6 Å². The molecule has 1 N–H and O–H groups in total. The summed E-state index contributed by atoms with van der Waals surface area (Å²) in [6, 6.07) is 17.4. The second kappa shape index (κ2) is 8.08. The van der Waals surface area contributed by atoms with Crippen LogP contribution in [-0.4, -0.2) is 21.8 Å². The molecule has 0 spiro atoms. The van der Waals surface area contributed by atoms with E-state index in [1.54, 1.807) is 0 Å². The van der Waals surface area contributed by atoms with E-state index in [2.05, 4.69) is 10.4 Å². The number of nitrogens with zero attached hydrogens (tertiary/aromatic N) is 2. The number of anilines is 1. The number of ether oxygens (including phenoxy) is 1. The van der Waals surface area contributed by atoms with Crippen LogP contribution in [0.4, 0.5) is 5.69 Å². The maximum absolute atomic E-state index is 12.5. The van der Waals surface area contributed by atoms with Crippen molar-refractivity contribution in [2.45, 2.75) is 40.2 Å². The van der Waals surface area contributed by atoms with Crippen LogP contribution >= 0.6 is 0 Å². The van der Waals surface area contributed by atoms with E-state index >= 15 is 0 Å². The first-order valence-corrected chi connectivity index (χ1v) is 9.10. The van der Waals surface area contributed by atoms with Crippen molar-refractivity contribution in [3.8, 4) is 11.4 Å². The number of aromatic nitrogens is 2. The molecule has 0 saturated carbocycles. The Hall–Kier alpha value is -3.08. The van der Waals surface area contributed by atoms with Crippen LogP contribution in [0.5, 0.6) is 5.75 Å². The van der Waals surface area contributed by atoms with Crippen molar-refractivity contribution in [3.05, 3.63) is 71.5 Å². The van der Waals surface area contributed by atoms with E-state index in [0.717, 1.165) is 34.1 Å². The molecule has 5 nitrogen and oxygen atoms in total. The first kappa shape index (κ1) is 18.7. The summed E-state index contributed by atoms with van der Waals surface area (Å²) in [5.41, 5.74) is 4.61. The summed E-state index contributed by atoms with van der Waals surface area (Å²) in [7, 11) is 0. The Kier molecular flexibility index (Phi) is 5.60. The predicted octanol–water partition coefficient (Wildman–Crippen LogP) is 4.46. The van der Waals surface area contributed by atoms with Gasteiger partial charge in [-0.15, -0.1) is 0 Å². The highest BCUT2D eigenvalue weighted by molar-refractivity contribution is 5.92. The molecule has 3 aromatic rings. The van der Waals surface area contributed by atoms with Crippen molar-refractivity contribution in [1.82, 2.24) is 9.78 Å². The van der Waals surface area contributed by atoms with Gasteiger partial charge in [-0.1, -0.05) is 18.2 Å². The van der Waals surface area contributed by atoms with E-state index in [1.165, 1.54) is 0 Å². The standard InChI is InChI=1S/C22H25N3O2/c1-15(2)27-21-10-5-7-18(12-21)13-22(26)23-19-8-6-9-20(14-19)25-17(4)11-16(3)24-25/h5-12,14-15H,13H2,1-4H3,(H,23,26). The number of carbonyl (C=O) groups is 1. The molecular formula is C22H25N3O2. The molecule has 0 bridgehead atoms. The van der Waals surface area contributed by atoms with Gasteiger partial charge in [-0.05, 0) is 69.7 Å². The van der Waals surface area contributed by atoms with Gasteiger partial charge in [0.1, 0.15) is 5.75 Å². The van der Waals surface area contributed by atoms with Gasteiger partial charge in [0.2, 0.25) is 5.91 Å². The van der Waals surface area contributed by atoms with Crippen LogP contribution in [0.2, 0.25) is 0 Å². The molecule has 3 rings (SSSR count). The summed E-state index contributed by atoms with van der Waals surface area (Å²) in [5, 5.41) is 7.46. The molecule has 0 saturated heterocycles. The first-order chi connectivity index (χ1) is 12.9. The maximum Gasteiger partial charge on any atom is 0.228 e. The quantitative estimate of drug-likeness (QED) is 0.703. The monoisotopic (exact) mass is 363 g/mol.